The molecule has 0 N–H and O–H groups in total. The third-order valence-corrected chi connectivity index (χ3v) is 21.9. The van der Waals surface area contributed by atoms with E-state index in [0.29, 0.717) is 0 Å². The Morgan fingerprint density at radius 1 is 0.119 bits per heavy atom. The van der Waals surface area contributed by atoms with Gasteiger partial charge in [0.05, 0.1) is 0 Å². The first-order valence-corrected chi connectivity index (χ1v) is 43.6. The molecule has 0 radical (unpaired) electrons. The van der Waals surface area contributed by atoms with Crippen LogP contribution >= 0.6 is 113 Å². The van der Waals surface area contributed by atoms with Crippen LogP contribution in [0.5, 0.6) is 0 Å². The summed E-state index contributed by atoms with van der Waals surface area (Å²) in [4.78, 5) is 0. The van der Waals surface area contributed by atoms with Crippen molar-refractivity contribution in [1.29, 1.82) is 0 Å². The van der Waals surface area contributed by atoms with Gasteiger partial charge >= 0.3 is 132 Å². The number of rotatable bonds is 12. The summed E-state index contributed by atoms with van der Waals surface area (Å²) in [7, 11) is -1.78. The van der Waals surface area contributed by atoms with Gasteiger partial charge in [-0.15, -0.1) is 0 Å². The largest absolute Gasteiger partial charge is 0.0622 e. The second kappa shape index (κ2) is 45.6. The molecule has 0 saturated carbocycles. The smallest absolute Gasteiger partial charge is 0.0134 e. The van der Waals surface area contributed by atoms with E-state index in [-0.39, 0.29) is 0 Å². The average Bonchev–Trinajstić information content (AvgIpc) is 3.65. The van der Waals surface area contributed by atoms with E-state index in [0.717, 1.165) is 0 Å². The van der Waals surface area contributed by atoms with Gasteiger partial charge in [0, 0.05) is 0 Å². The van der Waals surface area contributed by atoms with Crippen molar-refractivity contribution in [3.8, 4) is 0 Å². The number of benzene rings is 12. The standard InChI is InChI=1S/4C18H15P.4Cu.4HI/c4*1-4-10-16(11-5-1)19(17-12-6-2-7-13-17)18-14-8-3-9-15-18;;;;;;;;/h4*1-15H;;;;;4*1H/q;;;;4*+1;;;;/p-4. The molecule has 12 aromatic rings. The number of hydrogen-bond donors (Lipinski definition) is 0. The van der Waals surface area contributed by atoms with Crippen LogP contribution in [0.25, 0.3) is 0 Å². The van der Waals surface area contributed by atoms with Crippen LogP contribution in [0.2, 0.25) is 0 Å². The molecule has 12 heteroatoms. The van der Waals surface area contributed by atoms with Crippen LogP contribution in [0.15, 0.2) is 364 Å². The Morgan fingerprint density at radius 2 is 0.179 bits per heavy atom. The molecule has 440 valence electrons. The Morgan fingerprint density at radius 3 is 0.238 bits per heavy atom. The van der Waals surface area contributed by atoms with E-state index in [1.807, 2.05) is 0 Å². The zero-order valence-electron chi connectivity index (χ0n) is 45.1. The molecule has 0 unspecified atom stereocenters. The minimum atomic E-state index is -0.446. The predicted molar refractivity (Wildman–Crippen MR) is 397 cm³/mol. The second-order valence-electron chi connectivity index (χ2n) is 17.4. The van der Waals surface area contributed by atoms with Gasteiger partial charge in [0.2, 0.25) is 0 Å². The van der Waals surface area contributed by atoms with Crippen LogP contribution in [-0.4, -0.2) is 0 Å². The van der Waals surface area contributed by atoms with Crippen molar-refractivity contribution >= 4 is 177 Å². The van der Waals surface area contributed by atoms with Crippen LogP contribution in [0.4, 0.5) is 0 Å². The van der Waals surface area contributed by atoms with E-state index < -0.39 is 31.7 Å². The Bertz CT molecular complexity index is 2610. The topological polar surface area (TPSA) is 0 Å². The predicted octanol–water partition coefficient (Wildman–Crippen LogP) is 17.3. The summed E-state index contributed by atoms with van der Waals surface area (Å²) in [5.74, 6) is 0. The maximum absolute atomic E-state index is 4.16. The Hall–Kier alpha value is -2.64. The monoisotopic (exact) mass is 1810 g/mol. The fourth-order valence-corrected chi connectivity index (χ4v) is 17.9. The molecule has 0 fully saturated rings. The summed E-state index contributed by atoms with van der Waals surface area (Å²) in [6.45, 7) is 0. The van der Waals surface area contributed by atoms with Crippen LogP contribution in [0, 0.1) is 0 Å². The molecule has 0 bridgehead atoms. The molecular formula is C72H60Cu4I4P4. The summed E-state index contributed by atoms with van der Waals surface area (Å²) >= 11 is 23.5. The van der Waals surface area contributed by atoms with Gasteiger partial charge in [-0.25, -0.2) is 0 Å². The summed E-state index contributed by atoms with van der Waals surface area (Å²) in [5.41, 5.74) is 0. The van der Waals surface area contributed by atoms with Crippen molar-refractivity contribution in [2.45, 2.75) is 0 Å². The zero-order valence-corrected chi connectivity index (χ0v) is 61.1. The molecule has 0 aromatic heterocycles. The molecule has 0 aliphatic carbocycles. The van der Waals surface area contributed by atoms with Gasteiger partial charge in [0.15, 0.2) is 0 Å². The maximum Gasteiger partial charge on any atom is -0.0134 e. The van der Waals surface area contributed by atoms with Crippen LogP contribution in [0.3, 0.4) is 0 Å². The van der Waals surface area contributed by atoms with E-state index in [1.54, 1.807) is 81.4 Å². The third kappa shape index (κ3) is 24.4. The zero-order chi connectivity index (χ0) is 59.7. The molecule has 0 saturated heterocycles. The minimum Gasteiger partial charge on any atom is -0.0622 e. The van der Waals surface area contributed by atoms with E-state index >= 15 is 0 Å². The minimum absolute atomic E-state index is 0.446. The molecule has 0 aliphatic heterocycles. The summed E-state index contributed by atoms with van der Waals surface area (Å²) in [5, 5.41) is 16.8. The molecule has 84 heavy (non-hydrogen) atoms. The van der Waals surface area contributed by atoms with Crippen molar-refractivity contribution in [3.05, 3.63) is 364 Å². The molecule has 0 atom stereocenters. The van der Waals surface area contributed by atoms with E-state index in [1.165, 1.54) is 63.7 Å². The van der Waals surface area contributed by atoms with Crippen molar-refractivity contribution in [2.24, 2.45) is 0 Å². The molecule has 12 rings (SSSR count). The summed E-state index contributed by atoms with van der Waals surface area (Å²) in [6, 6.07) is 129. The third-order valence-electron chi connectivity index (χ3n) is 12.2. The molecule has 0 heterocycles. The first kappa shape index (κ1) is 72.1. The second-order valence-corrected chi connectivity index (χ2v) is 26.2. The molecule has 0 spiro atoms. The van der Waals surface area contributed by atoms with Gasteiger partial charge < -0.3 is 0 Å². The number of halogens is 4. The van der Waals surface area contributed by atoms with Crippen molar-refractivity contribution in [2.75, 3.05) is 0 Å². The van der Waals surface area contributed by atoms with Crippen molar-refractivity contribution < 1.29 is 51.1 Å². The first-order valence-electron chi connectivity index (χ1n) is 26.1. The molecule has 0 amide bonds. The van der Waals surface area contributed by atoms with Crippen LogP contribution < -0.4 is 63.7 Å². The normalized spacial score (nSPS) is 9.90. The van der Waals surface area contributed by atoms with Crippen LogP contribution in [0.1, 0.15) is 0 Å². The molecule has 12 aromatic carbocycles. The number of hydrogen-bond acceptors (Lipinski definition) is 0. The average molecular weight is 1810 g/mol. The van der Waals surface area contributed by atoms with E-state index in [4.69, 9.17) is 0 Å². The first-order chi connectivity index (χ1) is 41.8. The summed E-state index contributed by atoms with van der Waals surface area (Å²) in [6.07, 6.45) is 0. The molecule has 0 aliphatic rings. The summed E-state index contributed by atoms with van der Waals surface area (Å²) < 4.78 is 0. The van der Waals surface area contributed by atoms with Gasteiger partial charge in [-0.05, 0) is 95.3 Å². The SMILES string of the molecule is [Cu][I].[Cu][I].[Cu][I].[Cu][I].c1ccc(P(c2ccccc2)c2ccccc2)cc1.c1ccc(P(c2ccccc2)c2ccccc2)cc1.c1ccc(P(c2ccccc2)c2ccccc2)cc1.c1ccc(P(c2ccccc2)c2ccccc2)cc1. The van der Waals surface area contributed by atoms with Gasteiger partial charge in [-0.2, -0.15) is 0 Å². The van der Waals surface area contributed by atoms with E-state index in [2.05, 4.69) is 415 Å². The van der Waals surface area contributed by atoms with Crippen LogP contribution in [-0.2, 0) is 51.1 Å². The van der Waals surface area contributed by atoms with Gasteiger partial charge in [0.25, 0.3) is 0 Å². The molecule has 0 nitrogen and oxygen atoms in total. The molecular weight excluding hydrogens is 1750 g/mol. The van der Waals surface area contributed by atoms with Crippen molar-refractivity contribution in [1.82, 2.24) is 0 Å². The van der Waals surface area contributed by atoms with Gasteiger partial charge in [-0.1, -0.05) is 364 Å². The quantitative estimate of drug-likeness (QED) is 0.0650. The fourth-order valence-electron chi connectivity index (χ4n) is 8.71. The fraction of sp³-hybridized carbons (Fsp3) is 0. The van der Waals surface area contributed by atoms with Gasteiger partial charge in [0.1, 0.15) is 0 Å². The maximum atomic E-state index is 4.16. The Kier molecular flexibility index (Phi) is 39.1. The Labute approximate surface area is 583 Å². The van der Waals surface area contributed by atoms with Gasteiger partial charge in [-0.3, -0.25) is 0 Å². The Balaban J connectivity index is 0.000000197. The van der Waals surface area contributed by atoms with Crippen molar-refractivity contribution in [3.63, 3.8) is 0 Å². The van der Waals surface area contributed by atoms with E-state index in [9.17, 15) is 0 Å².